The molecule has 76 valence electrons. The zero-order chi connectivity index (χ0) is 10.7. The lowest BCUT2D eigenvalue weighted by Crippen LogP contribution is -2.14. The van der Waals surface area contributed by atoms with Crippen molar-refractivity contribution in [3.63, 3.8) is 0 Å². The normalized spacial score (nSPS) is 10.3. The van der Waals surface area contributed by atoms with E-state index in [4.69, 9.17) is 10.5 Å². The summed E-state index contributed by atoms with van der Waals surface area (Å²) in [7, 11) is 0. The Bertz CT molecular complexity index is 330. The number of anilines is 1. The van der Waals surface area contributed by atoms with Crippen molar-refractivity contribution in [2.24, 2.45) is 0 Å². The van der Waals surface area contributed by atoms with Gasteiger partial charge < -0.3 is 10.5 Å². The third kappa shape index (κ3) is 2.60. The molecule has 0 amide bonds. The van der Waals surface area contributed by atoms with E-state index in [9.17, 15) is 4.79 Å². The van der Waals surface area contributed by atoms with Crippen LogP contribution in [-0.2, 0) is 4.74 Å². The molecule has 1 rings (SSSR count). The highest BCUT2D eigenvalue weighted by atomic mass is 127. The quantitative estimate of drug-likeness (QED) is 0.519. The van der Waals surface area contributed by atoms with Crippen molar-refractivity contribution >= 4 is 34.2 Å². The molecule has 0 aliphatic rings. The van der Waals surface area contributed by atoms with Crippen molar-refractivity contribution in [1.82, 2.24) is 0 Å². The molecule has 3 nitrogen and oxygen atoms in total. The highest BCUT2D eigenvalue weighted by Gasteiger charge is 2.15. The van der Waals surface area contributed by atoms with E-state index in [1.165, 1.54) is 0 Å². The van der Waals surface area contributed by atoms with Crippen molar-refractivity contribution in [2.45, 2.75) is 20.0 Å². The van der Waals surface area contributed by atoms with Crippen LogP contribution in [0.15, 0.2) is 18.2 Å². The average Bonchev–Trinajstić information content (AvgIpc) is 2.01. The minimum atomic E-state index is -0.359. The lowest BCUT2D eigenvalue weighted by molar-refractivity contribution is 0.0378. The Balaban J connectivity index is 3.00. The zero-order valence-corrected chi connectivity index (χ0v) is 10.2. The maximum absolute atomic E-state index is 11.6. The Morgan fingerprint density at radius 3 is 2.64 bits per heavy atom. The van der Waals surface area contributed by atoms with Gasteiger partial charge in [0, 0.05) is 9.26 Å². The molecular weight excluding hydrogens is 293 g/mol. The van der Waals surface area contributed by atoms with E-state index in [1.54, 1.807) is 6.07 Å². The number of ether oxygens (including phenoxy) is 1. The minimum Gasteiger partial charge on any atom is -0.459 e. The third-order valence-electron chi connectivity index (χ3n) is 1.59. The maximum atomic E-state index is 11.6. The lowest BCUT2D eigenvalue weighted by Gasteiger charge is -2.10. The number of rotatable bonds is 2. The summed E-state index contributed by atoms with van der Waals surface area (Å²) in [6, 6.07) is 5.33. The number of carbonyl (C=O) groups excluding carboxylic acids is 1. The lowest BCUT2D eigenvalue weighted by atomic mass is 10.2. The summed E-state index contributed by atoms with van der Waals surface area (Å²) in [5.41, 5.74) is 6.61. The zero-order valence-electron chi connectivity index (χ0n) is 8.08. The number of nitrogen functional groups attached to an aromatic ring is 1. The second-order valence-corrected chi connectivity index (χ2v) is 4.32. The van der Waals surface area contributed by atoms with Crippen LogP contribution in [0.1, 0.15) is 24.2 Å². The number of hydrogen-bond donors (Lipinski definition) is 1. The summed E-state index contributed by atoms with van der Waals surface area (Å²) < 4.78 is 5.89. The molecular formula is C10H12INO2. The van der Waals surface area contributed by atoms with Crippen LogP contribution in [0.3, 0.4) is 0 Å². The molecule has 0 bridgehead atoms. The van der Waals surface area contributed by atoms with E-state index < -0.39 is 0 Å². The third-order valence-corrected chi connectivity index (χ3v) is 2.49. The van der Waals surface area contributed by atoms with Gasteiger partial charge in [0.05, 0.1) is 11.7 Å². The van der Waals surface area contributed by atoms with E-state index in [0.717, 1.165) is 3.57 Å². The van der Waals surface area contributed by atoms with Crippen LogP contribution < -0.4 is 5.73 Å². The van der Waals surface area contributed by atoms with Crippen LogP contribution in [0.25, 0.3) is 0 Å². The summed E-state index contributed by atoms with van der Waals surface area (Å²) in [6.45, 7) is 3.62. The summed E-state index contributed by atoms with van der Waals surface area (Å²) in [4.78, 5) is 11.6. The van der Waals surface area contributed by atoms with E-state index in [1.807, 2.05) is 26.0 Å². The first kappa shape index (κ1) is 11.3. The van der Waals surface area contributed by atoms with Gasteiger partial charge in [0.1, 0.15) is 0 Å². The maximum Gasteiger partial charge on any atom is 0.341 e. The van der Waals surface area contributed by atoms with Gasteiger partial charge in [0.25, 0.3) is 0 Å². The number of benzene rings is 1. The smallest absolute Gasteiger partial charge is 0.341 e. The highest BCUT2D eigenvalue weighted by Crippen LogP contribution is 2.20. The first-order valence-electron chi connectivity index (χ1n) is 4.27. The number of carbonyl (C=O) groups is 1. The molecule has 1 aromatic carbocycles. The topological polar surface area (TPSA) is 52.3 Å². The number of nitrogens with two attached hydrogens (primary N) is 1. The first-order valence-corrected chi connectivity index (χ1v) is 5.35. The summed E-state index contributed by atoms with van der Waals surface area (Å²) in [5.74, 6) is -0.359. The second kappa shape index (κ2) is 4.63. The predicted molar refractivity (Wildman–Crippen MR) is 64.1 cm³/mol. The molecule has 0 atom stereocenters. The van der Waals surface area contributed by atoms with Gasteiger partial charge in [-0.25, -0.2) is 4.79 Å². The molecule has 0 aliphatic carbocycles. The Morgan fingerprint density at radius 1 is 1.50 bits per heavy atom. The monoisotopic (exact) mass is 305 g/mol. The first-order chi connectivity index (χ1) is 6.52. The van der Waals surface area contributed by atoms with E-state index in [-0.39, 0.29) is 12.1 Å². The van der Waals surface area contributed by atoms with E-state index >= 15 is 0 Å². The van der Waals surface area contributed by atoms with Gasteiger partial charge in [-0.15, -0.1) is 0 Å². The Kier molecular flexibility index (Phi) is 3.74. The largest absolute Gasteiger partial charge is 0.459 e. The number of esters is 1. The number of hydrogen-bond acceptors (Lipinski definition) is 3. The van der Waals surface area contributed by atoms with Crippen LogP contribution in [0.4, 0.5) is 5.69 Å². The molecule has 14 heavy (non-hydrogen) atoms. The van der Waals surface area contributed by atoms with Gasteiger partial charge in [0.15, 0.2) is 0 Å². The second-order valence-electron chi connectivity index (χ2n) is 3.16. The van der Waals surface area contributed by atoms with Gasteiger partial charge in [-0.1, -0.05) is 6.07 Å². The van der Waals surface area contributed by atoms with Crippen LogP contribution in [-0.4, -0.2) is 12.1 Å². The molecule has 0 aromatic heterocycles. The van der Waals surface area contributed by atoms with Gasteiger partial charge >= 0.3 is 5.97 Å². The van der Waals surface area contributed by atoms with E-state index in [2.05, 4.69) is 22.6 Å². The molecule has 0 saturated heterocycles. The fourth-order valence-corrected chi connectivity index (χ4v) is 1.77. The molecule has 0 fully saturated rings. The molecule has 0 heterocycles. The van der Waals surface area contributed by atoms with Gasteiger partial charge in [-0.3, -0.25) is 0 Å². The van der Waals surface area contributed by atoms with Gasteiger partial charge in [-0.05, 0) is 48.6 Å². The average molecular weight is 305 g/mol. The Morgan fingerprint density at radius 2 is 2.14 bits per heavy atom. The summed E-state index contributed by atoms with van der Waals surface area (Å²) in [6.07, 6.45) is -0.127. The van der Waals surface area contributed by atoms with Crippen LogP contribution in [0, 0.1) is 3.57 Å². The van der Waals surface area contributed by atoms with Gasteiger partial charge in [0.2, 0.25) is 0 Å². The van der Waals surface area contributed by atoms with Crippen LogP contribution in [0.5, 0.6) is 0 Å². The van der Waals surface area contributed by atoms with Crippen molar-refractivity contribution in [1.29, 1.82) is 0 Å². The summed E-state index contributed by atoms with van der Waals surface area (Å²) in [5, 5.41) is 0. The van der Waals surface area contributed by atoms with Crippen LogP contribution in [0.2, 0.25) is 0 Å². The molecule has 4 heteroatoms. The SMILES string of the molecule is CC(C)OC(=O)c1c(N)cccc1I. The minimum absolute atomic E-state index is 0.127. The van der Waals surface area contributed by atoms with Crippen molar-refractivity contribution < 1.29 is 9.53 Å². The summed E-state index contributed by atoms with van der Waals surface area (Å²) >= 11 is 2.07. The van der Waals surface area contributed by atoms with Crippen molar-refractivity contribution in [3.8, 4) is 0 Å². The number of halogens is 1. The van der Waals surface area contributed by atoms with E-state index in [0.29, 0.717) is 11.3 Å². The van der Waals surface area contributed by atoms with Gasteiger partial charge in [-0.2, -0.15) is 0 Å². The molecule has 0 aliphatic heterocycles. The molecule has 1 aromatic rings. The highest BCUT2D eigenvalue weighted by molar-refractivity contribution is 14.1. The van der Waals surface area contributed by atoms with Crippen molar-refractivity contribution in [2.75, 3.05) is 5.73 Å². The fourth-order valence-electron chi connectivity index (χ4n) is 1.03. The predicted octanol–water partition coefficient (Wildman–Crippen LogP) is 2.44. The Labute approximate surface area is 96.8 Å². The van der Waals surface area contributed by atoms with Crippen molar-refractivity contribution in [3.05, 3.63) is 27.3 Å². The molecule has 0 saturated carbocycles. The molecule has 0 spiro atoms. The Hall–Kier alpha value is -0.780. The standard InChI is InChI=1S/C10H12INO2/c1-6(2)14-10(13)9-7(11)4-3-5-8(9)12/h3-6H,12H2,1-2H3. The van der Waals surface area contributed by atoms with Crippen LogP contribution >= 0.6 is 22.6 Å². The fraction of sp³-hybridized carbons (Fsp3) is 0.300. The molecule has 0 radical (unpaired) electrons. The molecule has 0 unspecified atom stereocenters. The molecule has 2 N–H and O–H groups in total.